The zero-order chi connectivity index (χ0) is 17.9. The molecule has 0 unspecified atom stereocenters. The van der Waals surface area contributed by atoms with Crippen LogP contribution in [-0.2, 0) is 6.61 Å². The molecule has 3 heterocycles. The number of non-ortho nitro benzene ring substituents is 1. The first kappa shape index (κ1) is 16.4. The maximum Gasteiger partial charge on any atom is 0.270 e. The molecule has 0 N–H and O–H groups in total. The third kappa shape index (κ3) is 3.35. The molecule has 4 aromatic rings. The molecule has 0 aliphatic rings. The molecule has 130 valence electrons. The maximum atomic E-state index is 11.1. The van der Waals surface area contributed by atoms with E-state index in [1.54, 1.807) is 17.4 Å². The molecule has 0 saturated carbocycles. The highest BCUT2D eigenvalue weighted by atomic mass is 32.1. The molecule has 7 nitrogen and oxygen atoms in total. The Kier molecular flexibility index (Phi) is 4.46. The van der Waals surface area contributed by atoms with Gasteiger partial charge in [0.1, 0.15) is 5.75 Å². The van der Waals surface area contributed by atoms with Gasteiger partial charge in [-0.15, -0.1) is 11.3 Å². The fourth-order valence-corrected chi connectivity index (χ4v) is 3.73. The van der Waals surface area contributed by atoms with Crippen molar-refractivity contribution in [1.29, 1.82) is 0 Å². The van der Waals surface area contributed by atoms with Crippen molar-refractivity contribution in [1.82, 2.24) is 10.1 Å². The normalized spacial score (nSPS) is 10.8. The fraction of sp³-hybridized carbons (Fsp3) is 0.0588. The van der Waals surface area contributed by atoms with Crippen molar-refractivity contribution in [2.24, 2.45) is 0 Å². The zero-order valence-corrected chi connectivity index (χ0v) is 14.8. The van der Waals surface area contributed by atoms with Crippen LogP contribution in [0.3, 0.4) is 0 Å². The van der Waals surface area contributed by atoms with Gasteiger partial charge >= 0.3 is 0 Å². The molecule has 0 spiro atoms. The van der Waals surface area contributed by atoms with Crippen molar-refractivity contribution in [3.05, 3.63) is 68.5 Å². The zero-order valence-electron chi connectivity index (χ0n) is 13.2. The van der Waals surface area contributed by atoms with Gasteiger partial charge in [0.25, 0.3) is 11.6 Å². The second-order valence-electron chi connectivity index (χ2n) is 5.23. The third-order valence-electron chi connectivity index (χ3n) is 3.56. The molecule has 0 bridgehead atoms. The van der Waals surface area contributed by atoms with Crippen LogP contribution in [0.4, 0.5) is 5.69 Å². The van der Waals surface area contributed by atoms with Gasteiger partial charge in [-0.1, -0.05) is 11.2 Å². The Morgan fingerprint density at radius 1 is 1.23 bits per heavy atom. The summed E-state index contributed by atoms with van der Waals surface area (Å²) in [6.45, 7) is 0.0767. The van der Waals surface area contributed by atoms with Crippen LogP contribution in [0.15, 0.2) is 57.1 Å². The summed E-state index contributed by atoms with van der Waals surface area (Å²) >= 11 is 3.03. The van der Waals surface area contributed by atoms with Crippen molar-refractivity contribution >= 4 is 28.4 Å². The monoisotopic (exact) mass is 385 g/mol. The van der Waals surface area contributed by atoms with Gasteiger partial charge in [0, 0.05) is 33.5 Å². The van der Waals surface area contributed by atoms with Gasteiger partial charge in [0.15, 0.2) is 6.61 Å². The van der Waals surface area contributed by atoms with Crippen LogP contribution >= 0.6 is 22.7 Å². The Morgan fingerprint density at radius 3 is 2.88 bits per heavy atom. The van der Waals surface area contributed by atoms with Crippen LogP contribution in [0.2, 0.25) is 0 Å². The second-order valence-corrected chi connectivity index (χ2v) is 6.96. The lowest BCUT2D eigenvalue weighted by Crippen LogP contribution is -1.98. The first-order valence-corrected chi connectivity index (χ1v) is 9.33. The van der Waals surface area contributed by atoms with Crippen LogP contribution in [-0.4, -0.2) is 15.1 Å². The lowest BCUT2D eigenvalue weighted by atomic mass is 10.1. The van der Waals surface area contributed by atoms with E-state index < -0.39 is 4.92 Å². The van der Waals surface area contributed by atoms with Crippen LogP contribution in [0.25, 0.3) is 21.8 Å². The number of aromatic nitrogens is 2. The highest BCUT2D eigenvalue weighted by molar-refractivity contribution is 7.13. The van der Waals surface area contributed by atoms with Gasteiger partial charge in [0.2, 0.25) is 5.82 Å². The minimum Gasteiger partial charge on any atom is -0.483 e. The minimum absolute atomic E-state index is 0.0123. The predicted molar refractivity (Wildman–Crippen MR) is 98.4 cm³/mol. The number of nitro benzene ring substituents is 1. The average molecular weight is 385 g/mol. The van der Waals surface area contributed by atoms with Crippen LogP contribution in [0, 0.1) is 10.1 Å². The van der Waals surface area contributed by atoms with Gasteiger partial charge < -0.3 is 9.26 Å². The van der Waals surface area contributed by atoms with Gasteiger partial charge in [0.05, 0.1) is 4.92 Å². The van der Waals surface area contributed by atoms with Crippen LogP contribution in [0.5, 0.6) is 5.75 Å². The molecule has 3 aromatic heterocycles. The summed E-state index contributed by atoms with van der Waals surface area (Å²) in [6.07, 6.45) is 0. The summed E-state index contributed by atoms with van der Waals surface area (Å²) in [5.74, 6) is 1.36. The van der Waals surface area contributed by atoms with E-state index in [9.17, 15) is 10.1 Å². The molecule has 0 radical (unpaired) electrons. The van der Waals surface area contributed by atoms with E-state index in [1.807, 2.05) is 34.3 Å². The highest BCUT2D eigenvalue weighted by Gasteiger charge is 2.16. The Morgan fingerprint density at radius 2 is 2.15 bits per heavy atom. The summed E-state index contributed by atoms with van der Waals surface area (Å²) in [5, 5.41) is 20.8. The number of hydrogen-bond acceptors (Lipinski definition) is 8. The van der Waals surface area contributed by atoms with Gasteiger partial charge in [-0.3, -0.25) is 10.1 Å². The second kappa shape index (κ2) is 7.06. The number of thiophene rings is 2. The standard InChI is InChI=1S/C17H11N3O4S2/c21-20(22)12-3-4-14(13(8-12)15-2-1-6-26-15)23-9-16-18-17(19-24-16)11-5-7-25-10-11/h1-8,10H,9H2. The largest absolute Gasteiger partial charge is 0.483 e. The molecule has 0 aliphatic carbocycles. The van der Waals surface area contributed by atoms with Crippen molar-refractivity contribution in [3.8, 4) is 27.6 Å². The first-order valence-electron chi connectivity index (χ1n) is 7.51. The Labute approximate surface area is 155 Å². The van der Waals surface area contributed by atoms with E-state index in [0.717, 1.165) is 10.4 Å². The quantitative estimate of drug-likeness (QED) is 0.342. The van der Waals surface area contributed by atoms with E-state index in [-0.39, 0.29) is 12.3 Å². The van der Waals surface area contributed by atoms with Crippen molar-refractivity contribution in [2.75, 3.05) is 0 Å². The molecule has 1 aromatic carbocycles. The maximum absolute atomic E-state index is 11.1. The Balaban J connectivity index is 1.57. The van der Waals surface area contributed by atoms with E-state index in [0.29, 0.717) is 23.0 Å². The molecule has 0 atom stereocenters. The number of rotatable bonds is 6. The summed E-state index contributed by atoms with van der Waals surface area (Å²) in [7, 11) is 0. The molecule has 0 saturated heterocycles. The van der Waals surface area contributed by atoms with E-state index in [2.05, 4.69) is 10.1 Å². The Bertz CT molecular complexity index is 1030. The predicted octanol–water partition coefficient (Wildman–Crippen LogP) is 5.01. The molecule has 0 fully saturated rings. The number of nitrogens with zero attached hydrogens (tertiary/aromatic N) is 3. The SMILES string of the molecule is O=[N+]([O-])c1ccc(OCc2nc(-c3ccsc3)no2)c(-c2cccs2)c1. The summed E-state index contributed by atoms with van der Waals surface area (Å²) in [5.41, 5.74) is 1.56. The van der Waals surface area contributed by atoms with Gasteiger partial charge in [-0.25, -0.2) is 0 Å². The molecule has 26 heavy (non-hydrogen) atoms. The van der Waals surface area contributed by atoms with Crippen LogP contribution in [0.1, 0.15) is 5.89 Å². The van der Waals surface area contributed by atoms with E-state index in [1.165, 1.54) is 23.5 Å². The summed E-state index contributed by atoms with van der Waals surface area (Å²) in [4.78, 5) is 15.8. The molecule has 0 aliphatic heterocycles. The number of benzene rings is 1. The van der Waals surface area contributed by atoms with Gasteiger partial charge in [-0.2, -0.15) is 16.3 Å². The van der Waals surface area contributed by atoms with Crippen molar-refractivity contribution in [3.63, 3.8) is 0 Å². The van der Waals surface area contributed by atoms with E-state index in [4.69, 9.17) is 9.26 Å². The lowest BCUT2D eigenvalue weighted by Gasteiger charge is -2.08. The number of nitro groups is 1. The topological polar surface area (TPSA) is 91.3 Å². The Hall–Kier alpha value is -3.04. The number of hydrogen-bond donors (Lipinski definition) is 0. The summed E-state index contributed by atoms with van der Waals surface area (Å²) in [6, 6.07) is 10.2. The molecule has 9 heteroatoms. The molecular weight excluding hydrogens is 374 g/mol. The first-order chi connectivity index (χ1) is 12.7. The van der Waals surface area contributed by atoms with Gasteiger partial charge in [-0.05, 0) is 29.0 Å². The third-order valence-corrected chi connectivity index (χ3v) is 5.15. The highest BCUT2D eigenvalue weighted by Crippen LogP contribution is 2.36. The van der Waals surface area contributed by atoms with Crippen LogP contribution < -0.4 is 4.74 Å². The molecule has 4 rings (SSSR count). The summed E-state index contributed by atoms with van der Waals surface area (Å²) < 4.78 is 11.0. The minimum atomic E-state index is -0.425. The lowest BCUT2D eigenvalue weighted by molar-refractivity contribution is -0.384. The van der Waals surface area contributed by atoms with Crippen molar-refractivity contribution < 1.29 is 14.2 Å². The average Bonchev–Trinajstić information content (AvgIpc) is 3.42. The number of ether oxygens (including phenoxy) is 1. The van der Waals surface area contributed by atoms with Crippen molar-refractivity contribution in [2.45, 2.75) is 6.61 Å². The smallest absolute Gasteiger partial charge is 0.270 e. The molecular formula is C17H11N3O4S2. The fourth-order valence-electron chi connectivity index (χ4n) is 2.34. The van der Waals surface area contributed by atoms with E-state index >= 15 is 0 Å². The molecule has 0 amide bonds.